The van der Waals surface area contributed by atoms with E-state index in [1.807, 2.05) is 62.4 Å². The molecule has 0 saturated heterocycles. The SMILES string of the molecule is CCOc1ccccc1C(C#N)Nc1ccc(C)cc1. The normalized spacial score (nSPS) is 11.4. The van der Waals surface area contributed by atoms with Gasteiger partial charge in [-0.25, -0.2) is 0 Å². The molecule has 3 heteroatoms. The van der Waals surface area contributed by atoms with Gasteiger partial charge in [-0.3, -0.25) is 0 Å². The van der Waals surface area contributed by atoms with Crippen LogP contribution in [0.15, 0.2) is 48.5 Å². The fourth-order valence-corrected chi connectivity index (χ4v) is 2.00. The molecule has 2 rings (SSSR count). The molecule has 0 amide bonds. The van der Waals surface area contributed by atoms with Gasteiger partial charge < -0.3 is 10.1 Å². The van der Waals surface area contributed by atoms with Gasteiger partial charge in [-0.15, -0.1) is 0 Å². The number of anilines is 1. The first-order valence-electron chi connectivity index (χ1n) is 6.69. The predicted molar refractivity (Wildman–Crippen MR) is 80.8 cm³/mol. The van der Waals surface area contributed by atoms with Crippen molar-refractivity contribution in [2.24, 2.45) is 0 Å². The molecule has 0 fully saturated rings. The number of benzene rings is 2. The van der Waals surface area contributed by atoms with Gasteiger partial charge in [0.1, 0.15) is 11.8 Å². The van der Waals surface area contributed by atoms with Crippen LogP contribution in [0.1, 0.15) is 24.1 Å². The molecule has 102 valence electrons. The predicted octanol–water partition coefficient (Wildman–Crippen LogP) is 4.07. The van der Waals surface area contributed by atoms with Gasteiger partial charge in [-0.1, -0.05) is 35.9 Å². The van der Waals surface area contributed by atoms with E-state index in [0.29, 0.717) is 6.61 Å². The molecule has 0 aliphatic heterocycles. The maximum absolute atomic E-state index is 9.42. The Labute approximate surface area is 119 Å². The Balaban J connectivity index is 2.24. The lowest BCUT2D eigenvalue weighted by atomic mass is 10.1. The average Bonchev–Trinajstić information content (AvgIpc) is 2.48. The van der Waals surface area contributed by atoms with Crippen molar-refractivity contribution in [3.05, 3.63) is 59.7 Å². The monoisotopic (exact) mass is 266 g/mol. The summed E-state index contributed by atoms with van der Waals surface area (Å²) in [6.07, 6.45) is 0. The van der Waals surface area contributed by atoms with Crippen LogP contribution in [0.3, 0.4) is 0 Å². The summed E-state index contributed by atoms with van der Waals surface area (Å²) < 4.78 is 5.59. The zero-order valence-corrected chi connectivity index (χ0v) is 11.8. The van der Waals surface area contributed by atoms with E-state index in [2.05, 4.69) is 11.4 Å². The highest BCUT2D eigenvalue weighted by atomic mass is 16.5. The van der Waals surface area contributed by atoms with E-state index in [1.165, 1.54) is 5.56 Å². The van der Waals surface area contributed by atoms with Gasteiger partial charge in [-0.2, -0.15) is 5.26 Å². The minimum atomic E-state index is -0.430. The largest absolute Gasteiger partial charge is 0.493 e. The molecular formula is C17H18N2O. The Bertz CT molecular complexity index is 599. The Hall–Kier alpha value is -2.47. The first-order chi connectivity index (χ1) is 9.74. The van der Waals surface area contributed by atoms with Crippen molar-refractivity contribution in [3.63, 3.8) is 0 Å². The van der Waals surface area contributed by atoms with Crippen LogP contribution < -0.4 is 10.1 Å². The Kier molecular flexibility index (Phi) is 4.62. The Morgan fingerprint density at radius 3 is 2.50 bits per heavy atom. The number of nitrogens with zero attached hydrogens (tertiary/aromatic N) is 1. The van der Waals surface area contributed by atoms with Gasteiger partial charge >= 0.3 is 0 Å². The van der Waals surface area contributed by atoms with Crippen LogP contribution in [0.25, 0.3) is 0 Å². The molecule has 1 N–H and O–H groups in total. The van der Waals surface area contributed by atoms with Gasteiger partial charge in [0.15, 0.2) is 0 Å². The molecule has 0 bridgehead atoms. The van der Waals surface area contributed by atoms with Crippen molar-refractivity contribution < 1.29 is 4.74 Å². The first kappa shape index (κ1) is 14.0. The summed E-state index contributed by atoms with van der Waals surface area (Å²) >= 11 is 0. The molecule has 2 aromatic rings. The number of hydrogen-bond acceptors (Lipinski definition) is 3. The number of ether oxygens (including phenoxy) is 1. The summed E-state index contributed by atoms with van der Waals surface area (Å²) in [7, 11) is 0. The standard InChI is InChI=1S/C17H18N2O/c1-3-20-17-7-5-4-6-15(17)16(12-18)19-14-10-8-13(2)9-11-14/h4-11,16,19H,3H2,1-2H3. The van der Waals surface area contributed by atoms with Crippen molar-refractivity contribution in [3.8, 4) is 11.8 Å². The van der Waals surface area contributed by atoms with Gasteiger partial charge in [0.05, 0.1) is 12.7 Å². The molecule has 3 nitrogen and oxygen atoms in total. The minimum absolute atomic E-state index is 0.430. The summed E-state index contributed by atoms with van der Waals surface area (Å²) in [4.78, 5) is 0. The topological polar surface area (TPSA) is 45.0 Å². The summed E-state index contributed by atoms with van der Waals surface area (Å²) in [5, 5.41) is 12.6. The lowest BCUT2D eigenvalue weighted by Gasteiger charge is -2.17. The van der Waals surface area contributed by atoms with Crippen molar-refractivity contribution in [1.82, 2.24) is 0 Å². The fraction of sp³-hybridized carbons (Fsp3) is 0.235. The molecule has 0 heterocycles. The third-order valence-electron chi connectivity index (χ3n) is 3.02. The van der Waals surface area contributed by atoms with Crippen LogP contribution in [0.4, 0.5) is 5.69 Å². The van der Waals surface area contributed by atoms with Crippen LogP contribution in [0.2, 0.25) is 0 Å². The zero-order chi connectivity index (χ0) is 14.4. The first-order valence-corrected chi connectivity index (χ1v) is 6.69. The zero-order valence-electron chi connectivity index (χ0n) is 11.8. The third kappa shape index (κ3) is 3.30. The van der Waals surface area contributed by atoms with E-state index < -0.39 is 6.04 Å². The molecular weight excluding hydrogens is 248 g/mol. The van der Waals surface area contributed by atoms with Crippen LogP contribution >= 0.6 is 0 Å². The van der Waals surface area contributed by atoms with Gasteiger partial charge in [0.25, 0.3) is 0 Å². The van der Waals surface area contributed by atoms with Gasteiger partial charge in [-0.05, 0) is 32.0 Å². The quantitative estimate of drug-likeness (QED) is 0.887. The van der Waals surface area contributed by atoms with Crippen molar-refractivity contribution in [1.29, 1.82) is 5.26 Å². The van der Waals surface area contributed by atoms with Crippen LogP contribution in [0, 0.1) is 18.3 Å². The van der Waals surface area contributed by atoms with Crippen molar-refractivity contribution in [2.75, 3.05) is 11.9 Å². The molecule has 0 radical (unpaired) electrons. The summed E-state index contributed by atoms with van der Waals surface area (Å²) in [6, 6.07) is 17.5. The maximum atomic E-state index is 9.42. The lowest BCUT2D eigenvalue weighted by Crippen LogP contribution is -2.10. The van der Waals surface area contributed by atoms with E-state index >= 15 is 0 Å². The van der Waals surface area contributed by atoms with Gasteiger partial charge in [0.2, 0.25) is 0 Å². The molecule has 0 aliphatic carbocycles. The van der Waals surface area contributed by atoms with E-state index in [-0.39, 0.29) is 0 Å². The summed E-state index contributed by atoms with van der Waals surface area (Å²) in [5.41, 5.74) is 2.98. The summed E-state index contributed by atoms with van der Waals surface area (Å²) in [5.74, 6) is 0.751. The van der Waals surface area contributed by atoms with Crippen LogP contribution in [0.5, 0.6) is 5.75 Å². The minimum Gasteiger partial charge on any atom is -0.493 e. The molecule has 0 saturated carbocycles. The number of hydrogen-bond donors (Lipinski definition) is 1. The van der Waals surface area contributed by atoms with Crippen LogP contribution in [-0.4, -0.2) is 6.61 Å². The second kappa shape index (κ2) is 6.63. The summed E-state index contributed by atoms with van der Waals surface area (Å²) in [6.45, 7) is 4.56. The average molecular weight is 266 g/mol. The molecule has 20 heavy (non-hydrogen) atoms. The Morgan fingerprint density at radius 1 is 1.15 bits per heavy atom. The van der Waals surface area contributed by atoms with E-state index in [0.717, 1.165) is 17.0 Å². The molecule has 0 spiro atoms. The molecule has 0 aromatic heterocycles. The number of aryl methyl sites for hydroxylation is 1. The number of nitrogens with one attached hydrogen (secondary N) is 1. The third-order valence-corrected chi connectivity index (χ3v) is 3.02. The Morgan fingerprint density at radius 2 is 1.85 bits per heavy atom. The highest BCUT2D eigenvalue weighted by molar-refractivity contribution is 5.50. The highest BCUT2D eigenvalue weighted by Crippen LogP contribution is 2.27. The van der Waals surface area contributed by atoms with Gasteiger partial charge in [0, 0.05) is 11.3 Å². The molecule has 1 unspecified atom stereocenters. The fourth-order valence-electron chi connectivity index (χ4n) is 2.00. The van der Waals surface area contributed by atoms with E-state index in [9.17, 15) is 5.26 Å². The second-order valence-corrected chi connectivity index (χ2v) is 4.54. The highest BCUT2D eigenvalue weighted by Gasteiger charge is 2.15. The number of rotatable bonds is 5. The lowest BCUT2D eigenvalue weighted by molar-refractivity contribution is 0.336. The molecule has 2 aromatic carbocycles. The van der Waals surface area contributed by atoms with Crippen molar-refractivity contribution in [2.45, 2.75) is 19.9 Å². The van der Waals surface area contributed by atoms with Crippen LogP contribution in [-0.2, 0) is 0 Å². The molecule has 1 atom stereocenters. The maximum Gasteiger partial charge on any atom is 0.143 e. The molecule has 0 aliphatic rings. The van der Waals surface area contributed by atoms with Crippen molar-refractivity contribution >= 4 is 5.69 Å². The van der Waals surface area contributed by atoms with E-state index in [4.69, 9.17) is 4.74 Å². The number of para-hydroxylation sites is 1. The smallest absolute Gasteiger partial charge is 0.143 e. The number of nitriles is 1. The second-order valence-electron chi connectivity index (χ2n) is 4.54. The van der Waals surface area contributed by atoms with E-state index in [1.54, 1.807) is 0 Å².